The van der Waals surface area contributed by atoms with Gasteiger partial charge in [-0.05, 0) is 50.0 Å². The molecule has 1 saturated heterocycles. The Morgan fingerprint density at radius 2 is 1.90 bits per heavy atom. The minimum absolute atomic E-state index is 0.00134. The van der Waals surface area contributed by atoms with E-state index in [1.165, 1.54) is 0 Å². The van der Waals surface area contributed by atoms with Gasteiger partial charge < -0.3 is 9.74 Å². The number of aromatic nitrogens is 1. The van der Waals surface area contributed by atoms with Gasteiger partial charge in [0.2, 0.25) is 5.91 Å². The summed E-state index contributed by atoms with van der Waals surface area (Å²) in [6, 6.07) is 9.70. The molecule has 0 spiro atoms. The maximum atomic E-state index is 13.4. The van der Waals surface area contributed by atoms with Crippen LogP contribution in [0.1, 0.15) is 50.2 Å². The number of benzene rings is 1. The number of ketones is 1. The van der Waals surface area contributed by atoms with Crippen LogP contribution in [0.15, 0.2) is 30.3 Å². The van der Waals surface area contributed by atoms with Crippen molar-refractivity contribution in [2.75, 3.05) is 0 Å². The number of fused-ring (bicyclic) bond motifs is 2. The van der Waals surface area contributed by atoms with Crippen molar-refractivity contribution in [2.24, 2.45) is 11.8 Å². The standard InChI is InChI=1S/C24H32N2O3Si/c1-14(29-30(5,6)24(2,3)4)20-21(26-23(20)28)16-11-12-19-17(22(16)27)13-15-9-7-8-10-18(15)25-19/h7-10,13-14,16,20-21H,11-12H2,1-6H3,(H,26,28)/t14-,16-,20-,21+/m1/s1. The van der Waals surface area contributed by atoms with Crippen molar-refractivity contribution in [1.82, 2.24) is 10.3 Å². The lowest BCUT2D eigenvalue weighted by Crippen LogP contribution is -2.67. The van der Waals surface area contributed by atoms with Crippen LogP contribution in [0.25, 0.3) is 10.9 Å². The van der Waals surface area contributed by atoms with E-state index >= 15 is 0 Å². The van der Waals surface area contributed by atoms with Gasteiger partial charge in [-0.25, -0.2) is 0 Å². The average molecular weight is 425 g/mol. The monoisotopic (exact) mass is 424 g/mol. The fourth-order valence-electron chi connectivity index (χ4n) is 4.51. The highest BCUT2D eigenvalue weighted by molar-refractivity contribution is 6.74. The predicted octanol–water partition coefficient (Wildman–Crippen LogP) is 4.50. The molecule has 1 aromatic heterocycles. The second-order valence-corrected chi connectivity index (χ2v) is 15.1. The summed E-state index contributed by atoms with van der Waals surface area (Å²) >= 11 is 0. The first-order valence-electron chi connectivity index (χ1n) is 10.9. The summed E-state index contributed by atoms with van der Waals surface area (Å²) in [5, 5.41) is 4.07. The molecule has 1 aliphatic heterocycles. The third kappa shape index (κ3) is 3.50. The number of Topliss-reactive ketones (excluding diaryl/α,β-unsaturated/α-hetero) is 1. The number of aryl methyl sites for hydroxylation is 1. The van der Waals surface area contributed by atoms with Gasteiger partial charge in [0.1, 0.15) is 0 Å². The molecular formula is C24H32N2O3Si. The first-order valence-corrected chi connectivity index (χ1v) is 13.8. The van der Waals surface area contributed by atoms with Gasteiger partial charge in [-0.2, -0.15) is 0 Å². The second kappa shape index (κ2) is 7.27. The predicted molar refractivity (Wildman–Crippen MR) is 121 cm³/mol. The molecule has 6 heteroatoms. The van der Waals surface area contributed by atoms with Crippen molar-refractivity contribution in [3.8, 4) is 0 Å². The van der Waals surface area contributed by atoms with Crippen LogP contribution in [-0.2, 0) is 15.6 Å². The molecule has 2 aromatic rings. The number of nitrogens with one attached hydrogen (secondary N) is 1. The molecule has 4 atom stereocenters. The molecule has 4 rings (SSSR count). The lowest BCUT2D eigenvalue weighted by molar-refractivity contribution is -0.141. The van der Waals surface area contributed by atoms with Crippen LogP contribution >= 0.6 is 0 Å². The number of carbonyl (C=O) groups is 2. The van der Waals surface area contributed by atoms with E-state index in [-0.39, 0.29) is 40.7 Å². The lowest BCUT2D eigenvalue weighted by atomic mass is 9.71. The van der Waals surface area contributed by atoms with E-state index in [0.29, 0.717) is 12.0 Å². The van der Waals surface area contributed by atoms with Crippen LogP contribution in [0.4, 0.5) is 0 Å². The molecule has 1 N–H and O–H groups in total. The zero-order valence-electron chi connectivity index (χ0n) is 18.8. The summed E-state index contributed by atoms with van der Waals surface area (Å²) in [5.74, 6) is -0.387. The van der Waals surface area contributed by atoms with Crippen molar-refractivity contribution in [2.45, 2.75) is 70.8 Å². The first-order chi connectivity index (χ1) is 14.0. The van der Waals surface area contributed by atoms with Gasteiger partial charge in [0.15, 0.2) is 14.1 Å². The number of hydrogen-bond acceptors (Lipinski definition) is 4. The third-order valence-electron chi connectivity index (χ3n) is 7.32. The van der Waals surface area contributed by atoms with E-state index in [2.05, 4.69) is 39.2 Å². The Morgan fingerprint density at radius 1 is 1.20 bits per heavy atom. The number of pyridine rings is 1. The molecule has 5 nitrogen and oxygen atoms in total. The quantitative estimate of drug-likeness (QED) is 0.579. The molecule has 30 heavy (non-hydrogen) atoms. The smallest absolute Gasteiger partial charge is 0.228 e. The Kier molecular flexibility index (Phi) is 5.14. The maximum absolute atomic E-state index is 13.4. The van der Waals surface area contributed by atoms with Crippen LogP contribution in [0.3, 0.4) is 0 Å². The summed E-state index contributed by atoms with van der Waals surface area (Å²) in [7, 11) is -2.00. The SMILES string of the molecule is C[C@@H](O[Si](C)(C)C(C)(C)C)[C@H]1C(=O)N[C@H]1[C@H]1CCc2nc3ccccc3cc2C1=O. The lowest BCUT2D eigenvalue weighted by Gasteiger charge is -2.48. The van der Waals surface area contributed by atoms with Crippen LogP contribution in [0.2, 0.25) is 18.1 Å². The van der Waals surface area contributed by atoms with Crippen molar-refractivity contribution < 1.29 is 14.0 Å². The Morgan fingerprint density at radius 3 is 2.57 bits per heavy atom. The minimum atomic E-state index is -2.00. The van der Waals surface area contributed by atoms with E-state index in [0.717, 1.165) is 23.0 Å². The number of hydrogen-bond donors (Lipinski definition) is 1. The van der Waals surface area contributed by atoms with E-state index in [9.17, 15) is 9.59 Å². The molecular weight excluding hydrogens is 392 g/mol. The number of nitrogens with zero attached hydrogens (tertiary/aromatic N) is 1. The highest BCUT2D eigenvalue weighted by Gasteiger charge is 2.52. The number of amides is 1. The summed E-state index contributed by atoms with van der Waals surface area (Å²) < 4.78 is 6.51. The van der Waals surface area contributed by atoms with Gasteiger partial charge in [0.25, 0.3) is 0 Å². The molecule has 0 saturated carbocycles. The van der Waals surface area contributed by atoms with Crippen molar-refractivity contribution in [3.05, 3.63) is 41.6 Å². The summed E-state index contributed by atoms with van der Waals surface area (Å²) in [4.78, 5) is 30.6. The summed E-state index contributed by atoms with van der Waals surface area (Å²) in [5.41, 5.74) is 2.51. The molecule has 0 bridgehead atoms. The van der Waals surface area contributed by atoms with Gasteiger partial charge in [-0.1, -0.05) is 39.0 Å². The zero-order chi connectivity index (χ0) is 21.8. The normalized spacial score (nSPS) is 25.5. The Hall–Kier alpha value is -2.05. The Balaban J connectivity index is 1.56. The van der Waals surface area contributed by atoms with Gasteiger partial charge in [0, 0.05) is 16.9 Å². The summed E-state index contributed by atoms with van der Waals surface area (Å²) in [6.07, 6.45) is 1.27. The molecule has 1 aromatic carbocycles. The fourth-order valence-corrected chi connectivity index (χ4v) is 5.94. The molecule has 1 fully saturated rings. The van der Waals surface area contributed by atoms with Crippen molar-refractivity contribution in [1.29, 1.82) is 0 Å². The van der Waals surface area contributed by atoms with E-state index < -0.39 is 8.32 Å². The van der Waals surface area contributed by atoms with Gasteiger partial charge in [0.05, 0.1) is 29.3 Å². The van der Waals surface area contributed by atoms with Crippen molar-refractivity contribution >= 4 is 30.9 Å². The topological polar surface area (TPSA) is 68.3 Å². The van der Waals surface area contributed by atoms with Crippen LogP contribution < -0.4 is 5.32 Å². The van der Waals surface area contributed by atoms with E-state index in [4.69, 9.17) is 9.41 Å². The third-order valence-corrected chi connectivity index (χ3v) is 11.9. The number of β-lactam (4-membered cyclic amide) rings is 1. The fraction of sp³-hybridized carbons (Fsp3) is 0.542. The maximum Gasteiger partial charge on any atom is 0.228 e. The van der Waals surface area contributed by atoms with E-state index in [1.54, 1.807) is 0 Å². The highest BCUT2D eigenvalue weighted by Crippen LogP contribution is 2.41. The molecule has 0 radical (unpaired) electrons. The molecule has 0 unspecified atom stereocenters. The Labute approximate surface area is 179 Å². The number of carbonyl (C=O) groups excluding carboxylic acids is 2. The molecule has 2 aliphatic rings. The average Bonchev–Trinajstić information content (AvgIpc) is 2.64. The molecule has 1 amide bonds. The minimum Gasteiger partial charge on any atom is -0.413 e. The van der Waals surface area contributed by atoms with E-state index in [1.807, 2.05) is 37.3 Å². The Bertz CT molecular complexity index is 1010. The van der Waals surface area contributed by atoms with Gasteiger partial charge in [-0.15, -0.1) is 0 Å². The number of para-hydroxylation sites is 1. The van der Waals surface area contributed by atoms with Gasteiger partial charge >= 0.3 is 0 Å². The van der Waals surface area contributed by atoms with Crippen molar-refractivity contribution in [3.63, 3.8) is 0 Å². The van der Waals surface area contributed by atoms with Crippen LogP contribution in [0.5, 0.6) is 0 Å². The number of rotatable bonds is 4. The zero-order valence-corrected chi connectivity index (χ0v) is 19.8. The second-order valence-electron chi connectivity index (χ2n) is 10.3. The molecule has 2 heterocycles. The van der Waals surface area contributed by atoms with Crippen LogP contribution in [-0.4, -0.2) is 37.1 Å². The van der Waals surface area contributed by atoms with Crippen LogP contribution in [0, 0.1) is 11.8 Å². The highest BCUT2D eigenvalue weighted by atomic mass is 28.4. The largest absolute Gasteiger partial charge is 0.413 e. The van der Waals surface area contributed by atoms with Gasteiger partial charge in [-0.3, -0.25) is 14.6 Å². The molecule has 160 valence electrons. The first kappa shape index (κ1) is 21.2. The summed E-state index contributed by atoms with van der Waals surface area (Å²) in [6.45, 7) is 13.0. The molecule has 1 aliphatic carbocycles.